The highest BCUT2D eigenvalue weighted by molar-refractivity contribution is 6.09. The summed E-state index contributed by atoms with van der Waals surface area (Å²) in [6, 6.07) is 12.3. The van der Waals surface area contributed by atoms with Crippen LogP contribution in [0.4, 0.5) is 0 Å². The van der Waals surface area contributed by atoms with E-state index in [-0.39, 0.29) is 19.1 Å². The maximum Gasteiger partial charge on any atom is 0.140 e. The lowest BCUT2D eigenvalue weighted by atomic mass is 10.1. The van der Waals surface area contributed by atoms with Gasteiger partial charge in [-0.15, -0.1) is 0 Å². The van der Waals surface area contributed by atoms with E-state index in [2.05, 4.69) is 75.3 Å². The van der Waals surface area contributed by atoms with E-state index in [1.165, 1.54) is 5.56 Å². The van der Waals surface area contributed by atoms with Gasteiger partial charge >= 0.3 is 0 Å². The number of nitrogens with two attached hydrogens (primary N) is 1. The molecule has 240 valence electrons. The molecule has 1 saturated heterocycles. The topological polar surface area (TPSA) is 139 Å². The van der Waals surface area contributed by atoms with Gasteiger partial charge < -0.3 is 31.0 Å². The first-order chi connectivity index (χ1) is 22.0. The minimum Gasteiger partial charge on any atom is -0.490 e. The zero-order valence-corrected chi connectivity index (χ0v) is 26.7. The molecule has 0 amide bonds. The number of imidazole rings is 1. The number of carbonyl (C=O) groups excluding carboxylic acids is 1. The summed E-state index contributed by atoms with van der Waals surface area (Å²) in [4.78, 5) is 22.8. The molecule has 0 saturated carbocycles. The van der Waals surface area contributed by atoms with Crippen LogP contribution >= 0.6 is 0 Å². The van der Waals surface area contributed by atoms with Gasteiger partial charge in [-0.1, -0.05) is 43.7 Å². The zero-order valence-electron chi connectivity index (χ0n) is 26.7. The highest BCUT2D eigenvalue weighted by Crippen LogP contribution is 2.20. The minimum absolute atomic E-state index is 0.0243. The molecule has 45 heavy (non-hydrogen) atoms. The molecule has 1 fully saturated rings. The van der Waals surface area contributed by atoms with Crippen molar-refractivity contribution in [2.45, 2.75) is 58.6 Å². The van der Waals surface area contributed by atoms with Gasteiger partial charge in [-0.05, 0) is 62.5 Å². The molecule has 10 nitrogen and oxygen atoms in total. The molecular formula is C35H47N7O3. The van der Waals surface area contributed by atoms with E-state index in [0.29, 0.717) is 12.8 Å². The van der Waals surface area contributed by atoms with Gasteiger partial charge in [-0.2, -0.15) is 0 Å². The molecule has 2 aromatic heterocycles. The average Bonchev–Trinajstić information content (AvgIpc) is 3.49. The van der Waals surface area contributed by atoms with Gasteiger partial charge in [0.2, 0.25) is 0 Å². The Bertz CT molecular complexity index is 1480. The Kier molecular flexibility index (Phi) is 15.3. The fourth-order valence-corrected chi connectivity index (χ4v) is 4.60. The fraction of sp³-hybridized carbons (Fsp3) is 0.371. The third-order valence-corrected chi connectivity index (χ3v) is 7.02. The summed E-state index contributed by atoms with van der Waals surface area (Å²) < 4.78 is 8.29. The van der Waals surface area contributed by atoms with Crippen molar-refractivity contribution in [2.75, 3.05) is 26.7 Å². The number of nitrogens with zero attached hydrogens (tertiary/aromatic N) is 4. The lowest BCUT2D eigenvalue weighted by Gasteiger charge is -2.23. The number of aliphatic imine (C=N–C) groups is 2. The summed E-state index contributed by atoms with van der Waals surface area (Å²) in [5.41, 5.74) is 12.4. The molecule has 0 unspecified atom stereocenters. The van der Waals surface area contributed by atoms with Crippen LogP contribution in [0.5, 0.6) is 5.75 Å². The largest absolute Gasteiger partial charge is 0.490 e. The Balaban J connectivity index is 0.00000102. The van der Waals surface area contributed by atoms with E-state index >= 15 is 0 Å². The number of carbonyl (C=O) groups is 1. The lowest BCUT2D eigenvalue weighted by Crippen LogP contribution is -2.34. The number of nitrogens with one attached hydrogen (secondary N) is 2. The summed E-state index contributed by atoms with van der Waals surface area (Å²) >= 11 is 0. The zero-order chi connectivity index (χ0) is 32.3. The van der Waals surface area contributed by atoms with Crippen LogP contribution < -0.4 is 21.1 Å². The van der Waals surface area contributed by atoms with Gasteiger partial charge in [0.15, 0.2) is 0 Å². The highest BCUT2D eigenvalue weighted by atomic mass is 16.5. The first-order valence-corrected chi connectivity index (χ1v) is 15.5. The number of aliphatic hydroxyl groups is 1. The van der Waals surface area contributed by atoms with E-state index in [0.717, 1.165) is 78.4 Å². The summed E-state index contributed by atoms with van der Waals surface area (Å²) in [6.07, 6.45) is 18.6. The van der Waals surface area contributed by atoms with Crippen LogP contribution in [0.1, 0.15) is 62.8 Å². The van der Waals surface area contributed by atoms with E-state index < -0.39 is 0 Å². The normalized spacial score (nSPS) is 15.0. The molecule has 1 aromatic carbocycles. The van der Waals surface area contributed by atoms with E-state index in [4.69, 9.17) is 20.6 Å². The molecule has 0 atom stereocenters. The number of ether oxygens (including phenoxy) is 1. The van der Waals surface area contributed by atoms with Crippen LogP contribution in [-0.2, 0) is 11.3 Å². The molecule has 5 N–H and O–H groups in total. The molecular weight excluding hydrogens is 566 g/mol. The number of rotatable bonds is 14. The Morgan fingerprint density at radius 3 is 2.64 bits per heavy atom. The van der Waals surface area contributed by atoms with Crippen LogP contribution in [0, 0.1) is 0 Å². The van der Waals surface area contributed by atoms with Crippen molar-refractivity contribution in [3.8, 4) is 5.75 Å². The van der Waals surface area contributed by atoms with Crippen molar-refractivity contribution in [2.24, 2.45) is 15.7 Å². The summed E-state index contributed by atoms with van der Waals surface area (Å²) in [5.74, 6) is 0.855. The predicted molar refractivity (Wildman–Crippen MR) is 184 cm³/mol. The molecule has 0 radical (unpaired) electrons. The van der Waals surface area contributed by atoms with Crippen LogP contribution in [-0.4, -0.2) is 65.6 Å². The Hall–Kier alpha value is -4.54. The van der Waals surface area contributed by atoms with Crippen LogP contribution in [0.3, 0.4) is 0 Å². The lowest BCUT2D eigenvalue weighted by molar-refractivity contribution is -0.108. The van der Waals surface area contributed by atoms with Crippen molar-refractivity contribution < 1.29 is 14.6 Å². The van der Waals surface area contributed by atoms with E-state index in [9.17, 15) is 4.79 Å². The number of hydrogen-bond donors (Lipinski definition) is 4. The fourth-order valence-electron chi connectivity index (χ4n) is 4.60. The Labute approximate surface area is 266 Å². The summed E-state index contributed by atoms with van der Waals surface area (Å²) in [5, 5.41) is 14.7. The number of aromatic nitrogens is 2. The molecule has 0 aliphatic carbocycles. The van der Waals surface area contributed by atoms with Gasteiger partial charge in [0.25, 0.3) is 0 Å². The van der Waals surface area contributed by atoms with Crippen molar-refractivity contribution in [3.05, 3.63) is 95.9 Å². The number of aldehydes is 1. The highest BCUT2D eigenvalue weighted by Gasteiger charge is 2.16. The average molecular weight is 614 g/mol. The Morgan fingerprint density at radius 1 is 1.22 bits per heavy atom. The molecule has 1 aliphatic rings. The molecule has 0 bridgehead atoms. The van der Waals surface area contributed by atoms with Crippen molar-refractivity contribution in [3.63, 3.8) is 0 Å². The van der Waals surface area contributed by atoms with Crippen molar-refractivity contribution >= 4 is 29.4 Å². The van der Waals surface area contributed by atoms with Gasteiger partial charge in [0.1, 0.15) is 23.8 Å². The third kappa shape index (κ3) is 11.5. The summed E-state index contributed by atoms with van der Waals surface area (Å²) in [7, 11) is 1.74. The number of piperidine rings is 1. The van der Waals surface area contributed by atoms with E-state index in [1.807, 2.05) is 30.7 Å². The van der Waals surface area contributed by atoms with Crippen molar-refractivity contribution in [1.29, 1.82) is 0 Å². The first kappa shape index (κ1) is 34.9. The number of aliphatic hydroxyl groups excluding tert-OH is 1. The van der Waals surface area contributed by atoms with Crippen LogP contribution in [0.2, 0.25) is 0 Å². The molecule has 3 heterocycles. The number of unbranched alkanes of at least 4 members (excludes halogenated alkanes) is 1. The molecule has 10 heteroatoms. The smallest absolute Gasteiger partial charge is 0.140 e. The first-order valence-electron chi connectivity index (χ1n) is 15.5. The number of hydrogen-bond acceptors (Lipinski definition) is 9. The molecule has 1 aliphatic heterocycles. The molecule has 0 spiro atoms. The van der Waals surface area contributed by atoms with E-state index in [1.54, 1.807) is 19.5 Å². The quantitative estimate of drug-likeness (QED) is 0.151. The number of fused-ring (bicyclic) bond motifs is 1. The predicted octanol–water partition coefficient (Wildman–Crippen LogP) is 4.83. The Morgan fingerprint density at radius 2 is 2.00 bits per heavy atom. The second kappa shape index (κ2) is 19.7. The van der Waals surface area contributed by atoms with Crippen LogP contribution in [0.25, 0.3) is 11.2 Å². The van der Waals surface area contributed by atoms with Crippen molar-refractivity contribution in [1.82, 2.24) is 20.0 Å². The molecule has 4 rings (SSSR count). The van der Waals surface area contributed by atoms with Crippen LogP contribution in [0.15, 0.2) is 89.0 Å². The monoisotopic (exact) mass is 613 g/mol. The number of benzene rings is 1. The standard InChI is InChI=1S/C32H41N7O.C3H6O2/c1-4-5-6-14-36-30(18-24(2)37-21-25-7-9-26(10-8-25)27(20-33)22-34-3)31-23-38-32-19-29(13-17-39(31)32)40-28-11-15-35-16-12-28;4-2-1-3-5/h6-10,13-14,17-20,22-23,28,35,37H,4-5,11-12,15-16,21,33H2,1-3H3;2,5H,1,3H2/b14-6+,24-18+,27-20+,34-22?,36-30-;. The second-order valence-electron chi connectivity index (χ2n) is 10.6. The number of pyridine rings is 1. The van der Waals surface area contributed by atoms with Gasteiger partial charge in [-0.25, -0.2) is 4.98 Å². The van der Waals surface area contributed by atoms with Gasteiger partial charge in [0, 0.05) is 68.8 Å². The third-order valence-electron chi connectivity index (χ3n) is 7.02. The summed E-state index contributed by atoms with van der Waals surface area (Å²) in [6.45, 7) is 6.88. The second-order valence-corrected chi connectivity index (χ2v) is 10.6. The van der Waals surface area contributed by atoms with Gasteiger partial charge in [0.05, 0.1) is 17.6 Å². The maximum absolute atomic E-state index is 9.24. The number of allylic oxidation sites excluding steroid dienone is 4. The SMILES string of the molecule is CCC/C=C/N=C(/C=C(\C)NCc1ccc(/C(C=NC)=C/N)cc1)c1cnc2cc(OC3CCNCC3)ccn12.O=CCCO. The minimum atomic E-state index is -0.0243. The molecule has 3 aromatic rings. The van der Waals surface area contributed by atoms with Gasteiger partial charge in [-0.3, -0.25) is 14.4 Å². The maximum atomic E-state index is 9.24.